The molecule has 0 bridgehead atoms. The van der Waals surface area contributed by atoms with Gasteiger partial charge in [-0.15, -0.1) is 0 Å². The number of halogens is 2. The summed E-state index contributed by atoms with van der Waals surface area (Å²) in [5, 5.41) is 10.7. The van der Waals surface area contributed by atoms with Crippen LogP contribution in [0.2, 0.25) is 0 Å². The van der Waals surface area contributed by atoms with E-state index in [4.69, 9.17) is 4.74 Å². The van der Waals surface area contributed by atoms with Crippen molar-refractivity contribution < 1.29 is 18.6 Å². The van der Waals surface area contributed by atoms with Crippen molar-refractivity contribution in [2.24, 2.45) is 0 Å². The number of ether oxygens (including phenoxy) is 1. The molecule has 0 radical (unpaired) electrons. The van der Waals surface area contributed by atoms with Crippen LogP contribution in [-0.4, -0.2) is 12.2 Å². The van der Waals surface area contributed by atoms with E-state index in [0.29, 0.717) is 11.3 Å². The third-order valence-corrected chi connectivity index (χ3v) is 3.57. The highest BCUT2D eigenvalue weighted by Crippen LogP contribution is 2.35. The van der Waals surface area contributed by atoms with Crippen molar-refractivity contribution >= 4 is 0 Å². The van der Waals surface area contributed by atoms with E-state index in [1.165, 1.54) is 38.3 Å². The van der Waals surface area contributed by atoms with Crippen LogP contribution >= 0.6 is 0 Å². The van der Waals surface area contributed by atoms with E-state index in [9.17, 15) is 13.9 Å². The molecule has 112 valence electrons. The molecule has 0 aliphatic heterocycles. The Bertz CT molecular complexity index is 651. The molecule has 0 fully saturated rings. The fraction of sp³-hybridized carbons (Fsp3) is 0.294. The maximum atomic E-state index is 14.1. The maximum absolute atomic E-state index is 14.1. The van der Waals surface area contributed by atoms with Gasteiger partial charge in [0, 0.05) is 6.42 Å². The van der Waals surface area contributed by atoms with Gasteiger partial charge in [-0.2, -0.15) is 0 Å². The first-order chi connectivity index (χ1) is 9.85. The average Bonchev–Trinajstić information content (AvgIpc) is 2.41. The molecule has 21 heavy (non-hydrogen) atoms. The molecule has 0 saturated carbocycles. The molecule has 0 heterocycles. The highest BCUT2D eigenvalue weighted by Gasteiger charge is 2.31. The summed E-state index contributed by atoms with van der Waals surface area (Å²) in [5.41, 5.74) is 0.118. The zero-order valence-corrected chi connectivity index (χ0v) is 12.3. The minimum absolute atomic E-state index is 0.108. The Hall–Kier alpha value is -1.94. The molecule has 2 rings (SSSR count). The molecule has 0 amide bonds. The number of methoxy groups -OCH3 is 1. The largest absolute Gasteiger partial charge is 0.496 e. The Balaban J connectivity index is 2.43. The molecule has 0 aromatic heterocycles. The molecular weight excluding hydrogens is 274 g/mol. The normalized spacial score (nSPS) is 13.8. The van der Waals surface area contributed by atoms with Crippen LogP contribution in [0.1, 0.15) is 23.6 Å². The second kappa shape index (κ2) is 5.82. The molecule has 0 aliphatic rings. The van der Waals surface area contributed by atoms with Crippen LogP contribution < -0.4 is 4.74 Å². The molecule has 2 aromatic rings. The highest BCUT2D eigenvalue weighted by molar-refractivity contribution is 5.41. The third kappa shape index (κ3) is 3.22. The third-order valence-electron chi connectivity index (χ3n) is 3.57. The van der Waals surface area contributed by atoms with Gasteiger partial charge in [-0.05, 0) is 49.2 Å². The van der Waals surface area contributed by atoms with Crippen molar-refractivity contribution in [1.82, 2.24) is 0 Å². The smallest absolute Gasteiger partial charge is 0.133 e. The van der Waals surface area contributed by atoms with Gasteiger partial charge in [0.2, 0.25) is 0 Å². The minimum atomic E-state index is -1.46. The van der Waals surface area contributed by atoms with Gasteiger partial charge in [0.1, 0.15) is 17.4 Å². The molecule has 1 unspecified atom stereocenters. The van der Waals surface area contributed by atoms with Gasteiger partial charge in [0.15, 0.2) is 0 Å². The summed E-state index contributed by atoms with van der Waals surface area (Å²) in [5.74, 6) is -0.571. The lowest BCUT2D eigenvalue weighted by molar-refractivity contribution is 0.0508. The van der Waals surface area contributed by atoms with E-state index < -0.39 is 11.4 Å². The monoisotopic (exact) mass is 292 g/mol. The number of aliphatic hydroxyl groups is 1. The number of hydrogen-bond acceptors (Lipinski definition) is 2. The van der Waals surface area contributed by atoms with Crippen molar-refractivity contribution in [2.75, 3.05) is 7.11 Å². The number of rotatable bonds is 4. The van der Waals surface area contributed by atoms with Gasteiger partial charge >= 0.3 is 0 Å². The molecule has 2 aromatic carbocycles. The SMILES string of the molecule is COc1cccc(F)c1C(C)(O)Cc1ccc(F)cc1C. The lowest BCUT2D eigenvalue weighted by Crippen LogP contribution is -2.27. The van der Waals surface area contributed by atoms with Crippen LogP contribution in [0.5, 0.6) is 5.75 Å². The van der Waals surface area contributed by atoms with E-state index in [-0.39, 0.29) is 17.8 Å². The van der Waals surface area contributed by atoms with Crippen molar-refractivity contribution in [3.05, 3.63) is 64.7 Å². The van der Waals surface area contributed by atoms with E-state index >= 15 is 0 Å². The Morgan fingerprint density at radius 1 is 1.19 bits per heavy atom. The topological polar surface area (TPSA) is 29.5 Å². The van der Waals surface area contributed by atoms with Gasteiger partial charge in [-0.3, -0.25) is 0 Å². The fourth-order valence-corrected chi connectivity index (χ4v) is 2.51. The summed E-state index contributed by atoms with van der Waals surface area (Å²) in [6.45, 7) is 3.28. The molecule has 1 N–H and O–H groups in total. The van der Waals surface area contributed by atoms with Crippen molar-refractivity contribution in [3.8, 4) is 5.75 Å². The number of aryl methyl sites for hydroxylation is 1. The molecule has 1 atom stereocenters. The maximum Gasteiger partial charge on any atom is 0.133 e. The van der Waals surface area contributed by atoms with E-state index in [2.05, 4.69) is 0 Å². The average molecular weight is 292 g/mol. The Morgan fingerprint density at radius 2 is 1.90 bits per heavy atom. The molecule has 0 saturated heterocycles. The first kappa shape index (κ1) is 15.4. The summed E-state index contributed by atoms with van der Waals surface area (Å²) in [6.07, 6.45) is 0.163. The van der Waals surface area contributed by atoms with Crippen LogP contribution in [0.3, 0.4) is 0 Å². The Morgan fingerprint density at radius 3 is 2.52 bits per heavy atom. The van der Waals surface area contributed by atoms with Gasteiger partial charge in [0.05, 0.1) is 18.3 Å². The van der Waals surface area contributed by atoms with Crippen LogP contribution in [-0.2, 0) is 12.0 Å². The summed E-state index contributed by atoms with van der Waals surface area (Å²) >= 11 is 0. The summed E-state index contributed by atoms with van der Waals surface area (Å²) in [6, 6.07) is 8.73. The first-order valence-corrected chi connectivity index (χ1v) is 6.65. The van der Waals surface area contributed by atoms with Crippen LogP contribution in [0.4, 0.5) is 8.78 Å². The zero-order valence-electron chi connectivity index (χ0n) is 12.3. The second-order valence-corrected chi connectivity index (χ2v) is 5.34. The molecule has 4 heteroatoms. The molecule has 0 spiro atoms. The van der Waals surface area contributed by atoms with Crippen LogP contribution in [0.15, 0.2) is 36.4 Å². The first-order valence-electron chi connectivity index (χ1n) is 6.65. The molecule has 0 aliphatic carbocycles. The van der Waals surface area contributed by atoms with Crippen molar-refractivity contribution in [1.29, 1.82) is 0 Å². The van der Waals surface area contributed by atoms with Crippen molar-refractivity contribution in [3.63, 3.8) is 0 Å². The van der Waals surface area contributed by atoms with Gasteiger partial charge in [-0.1, -0.05) is 12.1 Å². The fourth-order valence-electron chi connectivity index (χ4n) is 2.51. The minimum Gasteiger partial charge on any atom is -0.496 e. The quantitative estimate of drug-likeness (QED) is 0.930. The summed E-state index contributed by atoms with van der Waals surface area (Å²) < 4.78 is 32.4. The number of benzene rings is 2. The highest BCUT2D eigenvalue weighted by atomic mass is 19.1. The number of hydrogen-bond donors (Lipinski definition) is 1. The Labute approximate surface area is 123 Å². The van der Waals surface area contributed by atoms with Gasteiger partial charge in [0.25, 0.3) is 0 Å². The molecular formula is C17H18F2O2. The van der Waals surface area contributed by atoms with Crippen LogP contribution in [0.25, 0.3) is 0 Å². The van der Waals surface area contributed by atoms with Gasteiger partial charge < -0.3 is 9.84 Å². The zero-order chi connectivity index (χ0) is 15.6. The van der Waals surface area contributed by atoms with Crippen molar-refractivity contribution in [2.45, 2.75) is 25.9 Å². The Kier molecular flexibility index (Phi) is 4.28. The predicted molar refractivity (Wildman–Crippen MR) is 77.4 cm³/mol. The summed E-state index contributed by atoms with van der Waals surface area (Å²) in [7, 11) is 1.43. The van der Waals surface area contributed by atoms with E-state index in [1.54, 1.807) is 19.1 Å². The van der Waals surface area contributed by atoms with E-state index in [0.717, 1.165) is 5.56 Å². The second-order valence-electron chi connectivity index (χ2n) is 5.34. The predicted octanol–water partition coefficient (Wildman–Crippen LogP) is 3.73. The van der Waals surface area contributed by atoms with E-state index in [1.807, 2.05) is 0 Å². The van der Waals surface area contributed by atoms with Crippen LogP contribution in [0, 0.1) is 18.6 Å². The standard InChI is InChI=1S/C17H18F2O2/c1-11-9-13(18)8-7-12(11)10-17(2,20)16-14(19)5-4-6-15(16)21-3/h4-9,20H,10H2,1-3H3. The van der Waals surface area contributed by atoms with Gasteiger partial charge in [-0.25, -0.2) is 8.78 Å². The lowest BCUT2D eigenvalue weighted by Gasteiger charge is -2.27. The lowest BCUT2D eigenvalue weighted by atomic mass is 9.86. The molecule has 2 nitrogen and oxygen atoms in total. The summed E-state index contributed by atoms with van der Waals surface area (Å²) in [4.78, 5) is 0.